The molecule has 2 aromatic carbocycles. The van der Waals surface area contributed by atoms with Crippen molar-refractivity contribution < 1.29 is 9.47 Å². The minimum atomic E-state index is 0.524. The largest absolute Gasteiger partial charge is 0.491 e. The van der Waals surface area contributed by atoms with Crippen molar-refractivity contribution in [2.75, 3.05) is 33.9 Å². The molecule has 0 aliphatic rings. The van der Waals surface area contributed by atoms with Crippen LogP contribution < -0.4 is 15.4 Å². The Morgan fingerprint density at radius 3 is 2.71 bits per heavy atom. The van der Waals surface area contributed by atoms with Crippen LogP contribution in [0.1, 0.15) is 16.7 Å². The molecule has 2 N–H and O–H groups in total. The Morgan fingerprint density at radius 2 is 1.94 bits per heavy atom. The summed E-state index contributed by atoms with van der Waals surface area (Å²) < 4.78 is 12.8. The van der Waals surface area contributed by atoms with E-state index in [-0.39, 0.29) is 0 Å². The number of nitrogens with zero attached hydrogens (tertiary/aromatic N) is 3. The molecular weight excluding hydrogens is 390 g/mol. The van der Waals surface area contributed by atoms with Crippen LogP contribution in [0.2, 0.25) is 0 Å². The number of aromatic nitrogens is 2. The summed E-state index contributed by atoms with van der Waals surface area (Å²) in [6.07, 6.45) is 4.81. The Labute approximate surface area is 184 Å². The van der Waals surface area contributed by atoms with E-state index in [1.165, 1.54) is 5.56 Å². The van der Waals surface area contributed by atoms with Crippen molar-refractivity contribution >= 4 is 5.96 Å². The number of hydrogen-bond acceptors (Lipinski definition) is 4. The van der Waals surface area contributed by atoms with Gasteiger partial charge in [0.05, 0.1) is 18.5 Å². The van der Waals surface area contributed by atoms with E-state index in [0.29, 0.717) is 19.8 Å². The second-order valence-electron chi connectivity index (χ2n) is 7.18. The fraction of sp³-hybridized carbons (Fsp3) is 0.333. The van der Waals surface area contributed by atoms with E-state index >= 15 is 0 Å². The summed E-state index contributed by atoms with van der Waals surface area (Å²) >= 11 is 0. The molecule has 1 heterocycles. The third-order valence-electron chi connectivity index (χ3n) is 4.80. The molecule has 0 saturated heterocycles. The number of rotatable bonds is 10. The lowest BCUT2D eigenvalue weighted by molar-refractivity contribution is 0.145. The number of benzene rings is 2. The molecular formula is C24H31N5O2. The Bertz CT molecular complexity index is 969. The number of aliphatic imine (C=N–C) groups is 1. The van der Waals surface area contributed by atoms with Crippen molar-refractivity contribution in [3.05, 3.63) is 77.6 Å². The fourth-order valence-electron chi connectivity index (χ4n) is 3.11. The van der Waals surface area contributed by atoms with E-state index in [0.717, 1.165) is 41.5 Å². The average Bonchev–Trinajstić information content (AvgIpc) is 3.27. The first-order chi connectivity index (χ1) is 15.2. The van der Waals surface area contributed by atoms with Gasteiger partial charge in [0.25, 0.3) is 0 Å². The zero-order valence-electron chi connectivity index (χ0n) is 18.5. The van der Waals surface area contributed by atoms with Gasteiger partial charge in [-0.2, -0.15) is 5.10 Å². The third kappa shape index (κ3) is 6.86. The normalized spacial score (nSPS) is 11.4. The second-order valence-corrected chi connectivity index (χ2v) is 7.18. The number of guanidine groups is 1. The molecule has 7 heteroatoms. The molecule has 0 bridgehead atoms. The molecule has 7 nitrogen and oxygen atoms in total. The third-order valence-corrected chi connectivity index (χ3v) is 4.80. The highest BCUT2D eigenvalue weighted by Crippen LogP contribution is 2.20. The number of nitrogens with one attached hydrogen (secondary N) is 2. The molecule has 0 amide bonds. The molecule has 1 aromatic heterocycles. The lowest BCUT2D eigenvalue weighted by atomic mass is 10.1. The van der Waals surface area contributed by atoms with Gasteiger partial charge >= 0.3 is 0 Å². The summed E-state index contributed by atoms with van der Waals surface area (Å²) in [5.41, 5.74) is 4.46. The van der Waals surface area contributed by atoms with Crippen molar-refractivity contribution in [1.82, 2.24) is 20.4 Å². The van der Waals surface area contributed by atoms with Gasteiger partial charge in [0, 0.05) is 39.0 Å². The highest BCUT2D eigenvalue weighted by Gasteiger charge is 2.07. The number of ether oxygens (including phenoxy) is 2. The summed E-state index contributed by atoms with van der Waals surface area (Å²) in [6, 6.07) is 16.3. The van der Waals surface area contributed by atoms with Gasteiger partial charge in [-0.15, -0.1) is 0 Å². The smallest absolute Gasteiger partial charge is 0.191 e. The van der Waals surface area contributed by atoms with Gasteiger partial charge in [-0.1, -0.05) is 30.3 Å². The van der Waals surface area contributed by atoms with Crippen molar-refractivity contribution in [2.45, 2.75) is 19.9 Å². The van der Waals surface area contributed by atoms with Gasteiger partial charge in [0.2, 0.25) is 0 Å². The summed E-state index contributed by atoms with van der Waals surface area (Å²) in [7, 11) is 3.44. The van der Waals surface area contributed by atoms with E-state index in [9.17, 15) is 0 Å². The predicted molar refractivity (Wildman–Crippen MR) is 124 cm³/mol. The van der Waals surface area contributed by atoms with Gasteiger partial charge in [-0.3, -0.25) is 4.99 Å². The highest BCUT2D eigenvalue weighted by molar-refractivity contribution is 5.79. The van der Waals surface area contributed by atoms with Gasteiger partial charge < -0.3 is 20.1 Å². The van der Waals surface area contributed by atoms with Gasteiger partial charge in [-0.25, -0.2) is 4.68 Å². The van der Waals surface area contributed by atoms with Crippen molar-refractivity contribution in [3.63, 3.8) is 0 Å². The highest BCUT2D eigenvalue weighted by atomic mass is 16.5. The molecule has 0 spiro atoms. The van der Waals surface area contributed by atoms with E-state index in [2.05, 4.69) is 46.0 Å². The lowest BCUT2D eigenvalue weighted by Crippen LogP contribution is -2.37. The van der Waals surface area contributed by atoms with Crippen LogP contribution in [-0.2, 0) is 17.7 Å². The lowest BCUT2D eigenvalue weighted by Gasteiger charge is -2.15. The number of hydrogen-bond donors (Lipinski definition) is 2. The van der Waals surface area contributed by atoms with Crippen molar-refractivity contribution in [3.8, 4) is 11.4 Å². The van der Waals surface area contributed by atoms with Gasteiger partial charge in [0.1, 0.15) is 12.4 Å². The zero-order valence-corrected chi connectivity index (χ0v) is 18.5. The van der Waals surface area contributed by atoms with Crippen LogP contribution in [-0.4, -0.2) is 49.7 Å². The zero-order chi connectivity index (χ0) is 21.9. The molecule has 3 rings (SSSR count). The van der Waals surface area contributed by atoms with E-state index in [1.54, 1.807) is 14.2 Å². The van der Waals surface area contributed by atoms with Crippen LogP contribution >= 0.6 is 0 Å². The van der Waals surface area contributed by atoms with E-state index in [1.807, 2.05) is 47.3 Å². The standard InChI is InChI=1S/C24H31N5O2/c1-19-9-10-21(23(15-19)31-14-13-30-3)17-27-24(25-2)26-12-11-20-16-28-29(18-20)22-7-5-4-6-8-22/h4-10,15-16,18H,11-14,17H2,1-3H3,(H2,25,26,27). The first-order valence-electron chi connectivity index (χ1n) is 10.4. The minimum absolute atomic E-state index is 0.524. The molecule has 0 saturated carbocycles. The molecule has 0 radical (unpaired) electrons. The maximum atomic E-state index is 5.87. The molecule has 0 atom stereocenters. The first-order valence-corrected chi connectivity index (χ1v) is 10.4. The Morgan fingerprint density at radius 1 is 1.10 bits per heavy atom. The van der Waals surface area contributed by atoms with Crippen LogP contribution in [0.3, 0.4) is 0 Å². The van der Waals surface area contributed by atoms with E-state index < -0.39 is 0 Å². The monoisotopic (exact) mass is 421 g/mol. The van der Waals surface area contributed by atoms with Crippen LogP contribution in [0.15, 0.2) is 65.9 Å². The van der Waals surface area contributed by atoms with Crippen molar-refractivity contribution in [1.29, 1.82) is 0 Å². The van der Waals surface area contributed by atoms with Crippen LogP contribution in [0.5, 0.6) is 5.75 Å². The quantitative estimate of drug-likeness (QED) is 0.299. The second kappa shape index (κ2) is 11.8. The maximum Gasteiger partial charge on any atom is 0.191 e. The Hall–Kier alpha value is -3.32. The summed E-state index contributed by atoms with van der Waals surface area (Å²) in [5.74, 6) is 1.62. The van der Waals surface area contributed by atoms with Crippen LogP contribution in [0.4, 0.5) is 0 Å². The van der Waals surface area contributed by atoms with Crippen LogP contribution in [0, 0.1) is 6.92 Å². The summed E-state index contributed by atoms with van der Waals surface area (Å²) in [6.45, 7) is 4.52. The SMILES string of the molecule is CN=C(NCCc1cnn(-c2ccccc2)c1)NCc1ccc(C)cc1OCCOC. The maximum absolute atomic E-state index is 5.87. The van der Waals surface area contributed by atoms with Gasteiger partial charge in [-0.05, 0) is 42.7 Å². The predicted octanol–water partition coefficient (Wildman–Crippen LogP) is 3.11. The Balaban J connectivity index is 1.49. The topological polar surface area (TPSA) is 72.7 Å². The molecule has 3 aromatic rings. The minimum Gasteiger partial charge on any atom is -0.491 e. The van der Waals surface area contributed by atoms with E-state index in [4.69, 9.17) is 9.47 Å². The summed E-state index contributed by atoms with van der Waals surface area (Å²) in [5, 5.41) is 11.2. The fourth-order valence-corrected chi connectivity index (χ4v) is 3.11. The number of aryl methyl sites for hydroxylation is 1. The molecule has 31 heavy (non-hydrogen) atoms. The molecule has 0 unspecified atom stereocenters. The number of methoxy groups -OCH3 is 1. The van der Waals surface area contributed by atoms with Crippen molar-refractivity contribution in [2.24, 2.45) is 4.99 Å². The summed E-state index contributed by atoms with van der Waals surface area (Å²) in [4.78, 5) is 4.32. The Kier molecular flexibility index (Phi) is 8.48. The molecule has 0 aliphatic heterocycles. The van der Waals surface area contributed by atoms with Crippen LogP contribution in [0.25, 0.3) is 5.69 Å². The first kappa shape index (κ1) is 22.4. The number of para-hydroxylation sites is 1. The molecule has 0 aliphatic carbocycles. The molecule has 164 valence electrons. The average molecular weight is 422 g/mol. The van der Waals surface area contributed by atoms with Gasteiger partial charge in [0.15, 0.2) is 5.96 Å². The molecule has 0 fully saturated rings.